The Hall–Kier alpha value is -13.3. The molecule has 6 aliphatic rings. The van der Waals surface area contributed by atoms with Gasteiger partial charge >= 0.3 is 17.9 Å². The molecule has 13 amide bonds. The molecule has 9 rings (SSSR count). The summed E-state index contributed by atoms with van der Waals surface area (Å²) in [6, 6.07) is -5.39. The van der Waals surface area contributed by atoms with E-state index in [1.807, 2.05) is 0 Å². The van der Waals surface area contributed by atoms with E-state index in [-0.39, 0.29) is 246 Å². The molecule has 0 unspecified atom stereocenters. The molecule has 1 spiro atoms. The topological polar surface area (TPSA) is 738 Å². The lowest BCUT2D eigenvalue weighted by Crippen LogP contribution is -2.59. The molecule has 822 valence electrons. The number of carbonyl (C=O) groups excluding carboxylic acids is 14. The lowest BCUT2D eigenvalue weighted by molar-refractivity contribution is -0.149. The molecule has 0 saturated carbocycles. The maximum Gasteiger partial charge on any atom is 0.340 e. The van der Waals surface area contributed by atoms with Gasteiger partial charge in [0.05, 0.1) is 68.5 Å². The maximum absolute atomic E-state index is 15.3. The van der Waals surface area contributed by atoms with Gasteiger partial charge in [0, 0.05) is 161 Å². The molecule has 0 aromatic heterocycles. The summed E-state index contributed by atoms with van der Waals surface area (Å²) >= 11 is 0. The molecule has 51 heteroatoms. The fraction of sp³-hybridized carbons (Fsp3) is 0.604. The summed E-state index contributed by atoms with van der Waals surface area (Å²) in [7, 11) is 0. The molecule has 3 aromatic rings. The molecule has 49 nitrogen and oxygen atoms in total. The molecular formula is C91H171F2N21O28. The van der Waals surface area contributed by atoms with E-state index < -0.39 is 209 Å². The Morgan fingerprint density at radius 2 is 0.894 bits per heavy atom. The number of carboxylic acids is 2. The van der Waals surface area contributed by atoms with Crippen LogP contribution in [-0.4, -0.2) is 366 Å². The van der Waals surface area contributed by atoms with Gasteiger partial charge in [-0.25, -0.2) is 23.2 Å². The van der Waals surface area contributed by atoms with Gasteiger partial charge in [-0.3, -0.25) is 73.1 Å². The second-order valence-electron chi connectivity index (χ2n) is 35.1. The average Bonchev–Trinajstić information content (AvgIpc) is 1.52. The number of benzene rings is 3. The zero-order chi connectivity index (χ0) is 144. The SMILES string of the molecule is C[C@@H](O)[C@H](NC(=O)COCCOCCNC(=O)CCN(CCC(=O)NCCOCCOCC(=O)N[C@H](C(=O)N[C@@H](CCCCN)C(=O)N1CCC[C@H]1C(=O)N1CCC[C@H]1C(=O)N[C@@H](CCCNC(=N)N)C(=O)O)[C@@H](C)O)C(=O)c1ccc2c(c1)C(=O)OC21c2cc(F)c(O)cc2Oc2cc(O)c(F)cc21)C(=O)N[C@@H](CCCCN)C(=O)N1CCC[C@H]1C(=O)N1CCC[C@H]1C(=O)N[C@@H](CCCNC(=N)N)C(=O)O.[2H][2H].[2H][2H].[2H][2H].[2H][2H].[2H][2H].[2H][2H].[2H][2H].[2H][2H].[2H][2H].[2H][2H].[2H][2H].[2H][2H].[2H][2H].[2H][2H].[2H][2H].[2H][2H].[2H][2H].[2H][2H].[2H][2H].[2H][2H]. The molecule has 26 N–H and O–H groups in total. The van der Waals surface area contributed by atoms with Crippen molar-refractivity contribution in [3.63, 3.8) is 0 Å². The van der Waals surface area contributed by atoms with Crippen LogP contribution in [0.3, 0.4) is 0 Å². The largest absolute Gasteiger partial charge is 0.505 e. The highest BCUT2D eigenvalue weighted by Crippen LogP contribution is 2.58. The first-order valence-electron chi connectivity index (χ1n) is 67.5. The monoisotopic (exact) mass is 2080 g/mol. The van der Waals surface area contributed by atoms with E-state index in [1.165, 1.54) is 45.6 Å². The molecule has 142 heavy (non-hydrogen) atoms. The van der Waals surface area contributed by atoms with Crippen molar-refractivity contribution < 1.29 is 204 Å². The minimum atomic E-state index is -2.17. The molecule has 0 aliphatic carbocycles. The fourth-order valence-electron chi connectivity index (χ4n) is 17.6. The van der Waals surface area contributed by atoms with Crippen LogP contribution >= 0.6 is 0 Å². The van der Waals surface area contributed by atoms with Crippen molar-refractivity contribution in [3.05, 3.63) is 81.9 Å². The van der Waals surface area contributed by atoms with Crippen molar-refractivity contribution in [2.45, 2.75) is 220 Å². The number of aliphatic hydroxyl groups excluding tert-OH is 2. The van der Waals surface area contributed by atoms with Gasteiger partial charge in [0.15, 0.2) is 40.7 Å². The molecule has 3 aromatic carbocycles. The van der Waals surface area contributed by atoms with Gasteiger partial charge in [-0.15, -0.1) is 0 Å². The van der Waals surface area contributed by atoms with E-state index >= 15 is 8.78 Å². The number of halogens is 2. The summed E-state index contributed by atoms with van der Waals surface area (Å²) in [5, 5.41) is 102. The third-order valence-corrected chi connectivity index (χ3v) is 24.8. The number of phenols is 2. The van der Waals surface area contributed by atoms with Crippen molar-refractivity contribution in [2.75, 3.05) is 131 Å². The van der Waals surface area contributed by atoms with Gasteiger partial charge in [0.25, 0.3) is 5.91 Å². The Morgan fingerprint density at radius 3 is 1.29 bits per heavy atom. The van der Waals surface area contributed by atoms with E-state index in [2.05, 4.69) is 53.2 Å². The number of hydrogen-bond donors (Lipinski definition) is 22. The second kappa shape index (κ2) is 54.6. The summed E-state index contributed by atoms with van der Waals surface area (Å²) < 4.78 is 265. The molecule has 4 saturated heterocycles. The summed E-state index contributed by atoms with van der Waals surface area (Å²) in [5.74, 6) is -18.2. The highest BCUT2D eigenvalue weighted by molar-refractivity contribution is 6.03. The van der Waals surface area contributed by atoms with Crippen LogP contribution in [0, 0.1) is 22.5 Å². The lowest BCUT2D eigenvalue weighted by Gasteiger charge is -2.36. The number of guanidine groups is 2. The number of likely N-dealkylation sites (tertiary alicyclic amines) is 4. The Bertz CT molecular complexity index is 4900. The van der Waals surface area contributed by atoms with E-state index in [0.29, 0.717) is 51.4 Å². The smallest absolute Gasteiger partial charge is 0.340 e. The van der Waals surface area contributed by atoms with Crippen LogP contribution in [0.1, 0.15) is 239 Å². The first kappa shape index (κ1) is 85.4. The number of nitrogens with zero attached hydrogens (tertiary/aromatic N) is 5. The molecule has 0 radical (unpaired) electrons. The van der Waals surface area contributed by atoms with Crippen LogP contribution in [0.2, 0.25) is 0 Å². The van der Waals surface area contributed by atoms with Gasteiger partial charge in [-0.2, -0.15) is 0 Å². The molecule has 0 bridgehead atoms. The highest BCUT2D eigenvalue weighted by atomic mass is 19.1. The quantitative estimate of drug-likeness (QED) is 0.0162. The molecule has 12 atom stereocenters. The Balaban J connectivity index is -0.000000656. The molecule has 4 fully saturated rings. The lowest BCUT2D eigenvalue weighted by atomic mass is 9.77. The number of esters is 1. The van der Waals surface area contributed by atoms with Crippen molar-refractivity contribution in [1.29, 1.82) is 10.8 Å². The van der Waals surface area contributed by atoms with Crippen molar-refractivity contribution in [2.24, 2.45) is 22.9 Å². The zero-order valence-corrected chi connectivity index (χ0v) is 79.2. The summed E-state index contributed by atoms with van der Waals surface area (Å²) in [5.41, 5.74) is 19.1. The van der Waals surface area contributed by atoms with Crippen LogP contribution < -0.4 is 80.8 Å². The first-order chi connectivity index (χ1) is 87.8. The van der Waals surface area contributed by atoms with Crippen LogP contribution in [0.25, 0.3) is 0 Å². The predicted molar refractivity (Wildman–Crippen MR) is 538 cm³/mol. The van der Waals surface area contributed by atoms with Gasteiger partial charge < -0.3 is 160 Å². The standard InChI is InChI=1S/C91H131F2N21O28.20H2/c1-50(115)75(79(125)104-59(13-3-5-25-94)82(128)113-33-11-19-65(113)84(130)111-31-9-17-63(111)77(123)106-61(86(132)133)15-7-27-102-89(96)97)108-73(121)48-139-41-39-137-37-29-100-71(119)23-35-110(81(127)52-21-22-54-53(43-52)88(136)142-91(54)55-44-57(92)67(117)46-69(55)141-70-47-68(118)58(93)45-56(70)91)36-24-72(120)101-30-38-138-40-42-140-49-74(122)109-76(51(2)116)80(126)105-60(14-4-6-26-95)83(129)114-34-12-20-66(114)85(131)112-32-10-18-64(112)78(124)107-62(87(134)135)16-8-28-103-90(98)99;;;;;;;;;;;;;;;;;;;;/h21-22,43-47,50-51,59-66,75-76,115-118H,3-20,23-42,48-49,94-95H2,1-2H3,(H,100,119)(H,101,120)(H,104,125)(H,105,126)(H,106,123)(H,107,124)(H,108,121)(H,109,122)(H,132,133)(H,134,135)(H4,96,97,102)(H4,98,99,103);20*1H/t50-,51-,59+,60+,61+,62+,63+,64+,65+,66+,75+,76+;;;;;;;;;;;;;;;;;;;;/m1..................../s1/i;20*1+1D. The third kappa shape index (κ3) is 30.8. The van der Waals surface area contributed by atoms with E-state index in [1.54, 1.807) is 0 Å². The Morgan fingerprint density at radius 1 is 0.500 bits per heavy atom. The fourth-order valence-corrected chi connectivity index (χ4v) is 17.6. The number of rotatable bonds is 57. The number of phenolic OH excluding ortho intramolecular Hbond substituents is 2. The number of aromatic hydroxyl groups is 2. The number of fused-ring (bicyclic) bond motifs is 6. The summed E-state index contributed by atoms with van der Waals surface area (Å²) in [6.45, 7) is 0.784. The van der Waals surface area contributed by atoms with E-state index in [4.69, 9.17) is 122 Å². The van der Waals surface area contributed by atoms with Crippen molar-refractivity contribution in [3.8, 4) is 23.0 Å². The minimum Gasteiger partial charge on any atom is -0.505 e. The first-order valence-corrected chi connectivity index (χ1v) is 47.5. The van der Waals surface area contributed by atoms with Gasteiger partial charge in [0.1, 0.15) is 85.1 Å². The number of aliphatic hydroxyl groups is 2. The van der Waals surface area contributed by atoms with Crippen molar-refractivity contribution in [1.82, 2.24) is 77.7 Å². The second-order valence-corrected chi connectivity index (χ2v) is 35.1. The highest BCUT2D eigenvalue weighted by Gasteiger charge is 2.56. The summed E-state index contributed by atoms with van der Waals surface area (Å²) in [4.78, 5) is 226. The number of amides is 13. The predicted octanol–water partition coefficient (Wildman–Crippen LogP) is 0.973. The summed E-state index contributed by atoms with van der Waals surface area (Å²) in [6.07, 6.45) is 0.892. The average molecular weight is 2090 g/mol. The third-order valence-electron chi connectivity index (χ3n) is 24.8. The number of nitrogens with two attached hydrogens (primary N) is 4. The number of unbranched alkanes of at least 4 members (excludes halogenated alkanes) is 2. The maximum atomic E-state index is 15.3. The Labute approximate surface area is 877 Å². The molecular weight excluding hydrogens is 1870 g/mol. The van der Waals surface area contributed by atoms with E-state index in [9.17, 15) is 107 Å². The minimum absolute atomic E-state index is 0.00102. The van der Waals surface area contributed by atoms with Crippen LogP contribution in [0.5, 0.6) is 23.0 Å². The van der Waals surface area contributed by atoms with Crippen LogP contribution in [-0.2, 0) is 96.4 Å². The number of hydrogen-bond acceptors (Lipinski definition) is 30. The molecule has 6 aliphatic heterocycles. The van der Waals surface area contributed by atoms with Crippen LogP contribution in [0.4, 0.5) is 8.78 Å². The van der Waals surface area contributed by atoms with Crippen molar-refractivity contribution >= 4 is 107 Å². The Kier molecular flexibility index (Phi) is 32.9. The number of carbonyl (C=O) groups is 16. The number of ether oxygens (including phenoxy) is 6. The zero-order valence-electron chi connectivity index (χ0n) is 119. The van der Waals surface area contributed by atoms with E-state index in [0.717, 1.165) is 35.2 Å². The van der Waals surface area contributed by atoms with Gasteiger partial charge in [-0.1, -0.05) is 6.07 Å². The normalized spacial score (nSPS) is 19.3. The number of carboxylic acid groups (broad SMARTS) is 2. The van der Waals surface area contributed by atoms with Gasteiger partial charge in [0.2, 0.25) is 70.9 Å². The molecule has 6 heterocycles. The van der Waals surface area contributed by atoms with Crippen LogP contribution in [0.15, 0.2) is 42.5 Å². The number of nitrogens with one attached hydrogen (secondary N) is 12. The van der Waals surface area contributed by atoms with Gasteiger partial charge in [-0.05, 0) is 167 Å². The number of aliphatic carboxylic acids is 2.